The molecule has 3 N–H and O–H groups in total. The number of hydrogen-bond donors (Lipinski definition) is 3. The Balaban J connectivity index is 2.38. The molecule has 21 heavy (non-hydrogen) atoms. The molecule has 0 amide bonds. The largest absolute Gasteiger partial charge is 0.392 e. The summed E-state index contributed by atoms with van der Waals surface area (Å²) in [5, 5.41) is 15.2. The highest BCUT2D eigenvalue weighted by atomic mass is 35.5. The zero-order valence-electron chi connectivity index (χ0n) is 10.8. The number of nitrogens with zero attached hydrogens (tertiary/aromatic N) is 2. The number of H-pyrrole nitrogens is 1. The van der Waals surface area contributed by atoms with E-state index < -0.39 is 33.4 Å². The average molecular weight is 335 g/mol. The van der Waals surface area contributed by atoms with Gasteiger partial charge in [0.15, 0.2) is 0 Å². The van der Waals surface area contributed by atoms with Gasteiger partial charge in [-0.1, -0.05) is 11.6 Å². The molecule has 1 atom stereocenters. The molecule has 7 nitrogen and oxygen atoms in total. The highest BCUT2D eigenvalue weighted by Crippen LogP contribution is 2.25. The van der Waals surface area contributed by atoms with Crippen LogP contribution in [0.15, 0.2) is 23.4 Å². The van der Waals surface area contributed by atoms with E-state index in [-0.39, 0.29) is 16.4 Å². The first-order valence-electron chi connectivity index (χ1n) is 5.81. The van der Waals surface area contributed by atoms with Gasteiger partial charge in [-0.15, -0.1) is 0 Å². The molecule has 0 saturated carbocycles. The monoisotopic (exact) mass is 334 g/mol. The first kappa shape index (κ1) is 15.8. The van der Waals surface area contributed by atoms with Crippen molar-refractivity contribution in [3.63, 3.8) is 0 Å². The fourth-order valence-corrected chi connectivity index (χ4v) is 3.36. The van der Waals surface area contributed by atoms with E-state index in [9.17, 15) is 12.8 Å². The van der Waals surface area contributed by atoms with E-state index in [0.29, 0.717) is 0 Å². The van der Waals surface area contributed by atoms with Crippen LogP contribution in [0.1, 0.15) is 24.4 Å². The molecule has 1 aromatic carbocycles. The first-order valence-corrected chi connectivity index (χ1v) is 7.67. The van der Waals surface area contributed by atoms with Gasteiger partial charge < -0.3 is 5.11 Å². The van der Waals surface area contributed by atoms with E-state index in [2.05, 4.69) is 19.9 Å². The predicted octanol–water partition coefficient (Wildman–Crippen LogP) is 1.13. The van der Waals surface area contributed by atoms with E-state index in [1.807, 2.05) is 0 Å². The van der Waals surface area contributed by atoms with Crippen LogP contribution in [0.4, 0.5) is 4.39 Å². The van der Waals surface area contributed by atoms with Gasteiger partial charge in [-0.2, -0.15) is 5.10 Å². The van der Waals surface area contributed by atoms with Gasteiger partial charge in [-0.05, 0) is 19.1 Å². The Labute approximate surface area is 125 Å². The lowest BCUT2D eigenvalue weighted by atomic mass is 10.2. The third-order valence-electron chi connectivity index (χ3n) is 2.71. The number of halogens is 2. The molecule has 0 saturated heterocycles. The van der Waals surface area contributed by atoms with Crippen LogP contribution in [-0.4, -0.2) is 28.7 Å². The molecule has 0 radical (unpaired) electrons. The van der Waals surface area contributed by atoms with Gasteiger partial charge in [0, 0.05) is 10.6 Å². The Hall–Kier alpha value is -1.55. The number of aliphatic hydroxyl groups excluding tert-OH is 1. The molecule has 0 bridgehead atoms. The number of nitrogens with one attached hydrogen (secondary N) is 2. The zero-order chi connectivity index (χ0) is 15.6. The van der Waals surface area contributed by atoms with Crippen LogP contribution < -0.4 is 4.72 Å². The van der Waals surface area contributed by atoms with Crippen molar-refractivity contribution < 1.29 is 17.9 Å². The molecule has 2 rings (SSSR count). The smallest absolute Gasteiger partial charge is 0.244 e. The quantitative estimate of drug-likeness (QED) is 0.759. The Morgan fingerprint density at radius 1 is 1.52 bits per heavy atom. The summed E-state index contributed by atoms with van der Waals surface area (Å²) in [5.74, 6) is -0.762. The number of rotatable bonds is 5. The molecular weight excluding hydrogens is 323 g/mol. The molecule has 0 fully saturated rings. The van der Waals surface area contributed by atoms with Crippen molar-refractivity contribution in [2.75, 3.05) is 0 Å². The van der Waals surface area contributed by atoms with Gasteiger partial charge in [-0.3, -0.25) is 5.10 Å². The predicted molar refractivity (Wildman–Crippen MR) is 72.5 cm³/mol. The zero-order valence-corrected chi connectivity index (χ0v) is 12.4. The number of benzene rings is 1. The Morgan fingerprint density at radius 2 is 2.24 bits per heavy atom. The van der Waals surface area contributed by atoms with Gasteiger partial charge in [0.05, 0.1) is 12.6 Å². The maximum atomic E-state index is 14.1. The van der Waals surface area contributed by atoms with Crippen LogP contribution in [0, 0.1) is 5.82 Å². The van der Waals surface area contributed by atoms with E-state index in [4.69, 9.17) is 16.7 Å². The van der Waals surface area contributed by atoms with Gasteiger partial charge in [0.25, 0.3) is 0 Å². The third kappa shape index (κ3) is 3.38. The first-order chi connectivity index (χ1) is 9.85. The molecule has 1 aromatic heterocycles. The highest BCUT2D eigenvalue weighted by Gasteiger charge is 2.25. The van der Waals surface area contributed by atoms with Crippen molar-refractivity contribution in [3.05, 3.63) is 40.7 Å². The Bertz CT molecular complexity index is 736. The number of sulfonamides is 1. The van der Waals surface area contributed by atoms with Gasteiger partial charge in [-0.25, -0.2) is 22.5 Å². The van der Waals surface area contributed by atoms with Crippen LogP contribution in [0.3, 0.4) is 0 Å². The summed E-state index contributed by atoms with van der Waals surface area (Å²) in [6, 6.07) is 1.40. The average Bonchev–Trinajstić information content (AvgIpc) is 2.94. The van der Waals surface area contributed by atoms with Crippen LogP contribution in [0.25, 0.3) is 0 Å². The van der Waals surface area contributed by atoms with Crippen molar-refractivity contribution in [2.24, 2.45) is 0 Å². The van der Waals surface area contributed by atoms with E-state index in [0.717, 1.165) is 12.1 Å². The summed E-state index contributed by atoms with van der Waals surface area (Å²) in [5.41, 5.74) is -0.199. The van der Waals surface area contributed by atoms with E-state index >= 15 is 0 Å². The maximum Gasteiger partial charge on any atom is 0.244 e. The van der Waals surface area contributed by atoms with Crippen LogP contribution in [0.2, 0.25) is 5.02 Å². The second-order valence-corrected chi connectivity index (χ2v) is 6.37. The summed E-state index contributed by atoms with van der Waals surface area (Å²) in [6.45, 7) is 0.861. The van der Waals surface area contributed by atoms with Crippen LogP contribution in [0.5, 0.6) is 0 Å². The second-order valence-electron chi connectivity index (χ2n) is 4.25. The van der Waals surface area contributed by atoms with Crippen LogP contribution in [-0.2, 0) is 16.6 Å². The number of hydrogen-bond acceptors (Lipinski definition) is 5. The van der Waals surface area contributed by atoms with Crippen molar-refractivity contribution in [2.45, 2.75) is 24.5 Å². The summed E-state index contributed by atoms with van der Waals surface area (Å²) >= 11 is 5.74. The molecule has 2 aromatic rings. The van der Waals surface area contributed by atoms with Crippen LogP contribution >= 0.6 is 11.6 Å². The van der Waals surface area contributed by atoms with E-state index in [1.165, 1.54) is 13.3 Å². The lowest BCUT2D eigenvalue weighted by Crippen LogP contribution is -2.28. The standard InChI is InChI=1S/C11H12ClFN4O3S/c1-6(11-14-5-15-16-11)17-21(19,20)9-3-8(12)2-7(4-18)10(9)13/h2-3,5-6,17-18H,4H2,1H3,(H,14,15,16). The Kier molecular flexibility index (Phi) is 4.57. The molecule has 1 unspecified atom stereocenters. The van der Waals surface area contributed by atoms with Crippen molar-refractivity contribution >= 4 is 21.6 Å². The molecule has 0 spiro atoms. The lowest BCUT2D eigenvalue weighted by molar-refractivity contribution is 0.274. The van der Waals surface area contributed by atoms with Gasteiger partial charge >= 0.3 is 0 Å². The van der Waals surface area contributed by atoms with Gasteiger partial charge in [0.2, 0.25) is 10.0 Å². The maximum absolute atomic E-state index is 14.1. The second kappa shape index (κ2) is 6.06. The van der Waals surface area contributed by atoms with Crippen molar-refractivity contribution in [1.82, 2.24) is 19.9 Å². The molecule has 0 aliphatic heterocycles. The van der Waals surface area contributed by atoms with Gasteiger partial charge in [0.1, 0.15) is 22.9 Å². The minimum Gasteiger partial charge on any atom is -0.392 e. The highest BCUT2D eigenvalue weighted by molar-refractivity contribution is 7.89. The normalized spacial score (nSPS) is 13.3. The minimum atomic E-state index is -4.18. The minimum absolute atomic E-state index is 0.00754. The SMILES string of the molecule is CC(NS(=O)(=O)c1cc(Cl)cc(CO)c1F)c1ncn[nH]1. The summed E-state index contributed by atoms with van der Waals surface area (Å²) in [4.78, 5) is 3.18. The molecule has 1 heterocycles. The lowest BCUT2D eigenvalue weighted by Gasteiger charge is -2.13. The molecule has 0 aliphatic rings. The fraction of sp³-hybridized carbons (Fsp3) is 0.273. The van der Waals surface area contributed by atoms with Crippen molar-refractivity contribution in [3.8, 4) is 0 Å². The summed E-state index contributed by atoms with van der Waals surface area (Å²) < 4.78 is 40.8. The number of aromatic nitrogens is 3. The Morgan fingerprint density at radius 3 is 2.81 bits per heavy atom. The van der Waals surface area contributed by atoms with Crippen molar-refractivity contribution in [1.29, 1.82) is 0 Å². The number of aromatic amines is 1. The molecule has 114 valence electrons. The summed E-state index contributed by atoms with van der Waals surface area (Å²) in [7, 11) is -4.18. The van der Waals surface area contributed by atoms with E-state index in [1.54, 1.807) is 0 Å². The number of aliphatic hydroxyl groups is 1. The molecule has 0 aliphatic carbocycles. The third-order valence-corrected chi connectivity index (χ3v) is 4.47. The summed E-state index contributed by atoms with van der Waals surface area (Å²) in [6.07, 6.45) is 1.23. The molecular formula is C11H12ClFN4O3S. The topological polar surface area (TPSA) is 108 Å². The fourth-order valence-electron chi connectivity index (χ4n) is 1.70. The molecule has 10 heteroatoms.